The number of aliphatic carboxylic acids is 1. The third-order valence-electron chi connectivity index (χ3n) is 2.32. The summed E-state index contributed by atoms with van der Waals surface area (Å²) in [5, 5.41) is 12.6. The number of nitrogens with zero attached hydrogens (tertiary/aromatic N) is 2. The molecular weight excluding hydrogens is 297 g/mol. The molecule has 0 amide bonds. The lowest BCUT2D eigenvalue weighted by Gasteiger charge is -2.14. The van der Waals surface area contributed by atoms with Crippen molar-refractivity contribution in [2.24, 2.45) is 0 Å². The molecule has 0 spiro atoms. The summed E-state index contributed by atoms with van der Waals surface area (Å²) >= 11 is 13.1. The summed E-state index contributed by atoms with van der Waals surface area (Å²) in [6.45, 7) is 1.75. The molecule has 96 valence electrons. The Balaban J connectivity index is 2.38. The van der Waals surface area contributed by atoms with Crippen molar-refractivity contribution in [3.05, 3.63) is 16.1 Å². The smallest absolute Gasteiger partial charge is 0.305 e. The van der Waals surface area contributed by atoms with E-state index in [-0.39, 0.29) is 12.5 Å². The lowest BCUT2D eigenvalue weighted by molar-refractivity contribution is -0.137. The maximum Gasteiger partial charge on any atom is 0.305 e. The fraction of sp³-hybridized carbons (Fsp3) is 0.300. The van der Waals surface area contributed by atoms with Gasteiger partial charge in [0.15, 0.2) is 0 Å². The number of halogens is 2. The molecule has 2 aromatic rings. The van der Waals surface area contributed by atoms with Gasteiger partial charge in [0.2, 0.25) is 0 Å². The summed E-state index contributed by atoms with van der Waals surface area (Å²) in [5.74, 6) is -0.882. The summed E-state index contributed by atoms with van der Waals surface area (Å²) in [7, 11) is 0. The summed E-state index contributed by atoms with van der Waals surface area (Å²) in [6.07, 6.45) is -0.0159. The van der Waals surface area contributed by atoms with E-state index in [2.05, 4.69) is 14.1 Å². The second-order valence-electron chi connectivity index (χ2n) is 3.82. The van der Waals surface area contributed by atoms with Gasteiger partial charge in [-0.15, -0.1) is 0 Å². The number of anilines is 1. The van der Waals surface area contributed by atoms with Gasteiger partial charge in [0.05, 0.1) is 33.9 Å². The number of nitrogens with one attached hydrogen (secondary N) is 1. The van der Waals surface area contributed by atoms with Gasteiger partial charge in [-0.1, -0.05) is 23.2 Å². The standard InChI is InChI=1S/C10H9Cl2N3O2S/c1-4(2-7(16)17)13-8-5(11)3-6(12)9-10(8)15-18-14-9/h3-4,13H,2H2,1H3,(H,16,17). The minimum atomic E-state index is -0.882. The van der Waals surface area contributed by atoms with E-state index in [1.165, 1.54) is 0 Å². The molecule has 0 bridgehead atoms. The molecular formula is C10H9Cl2N3O2S. The van der Waals surface area contributed by atoms with Crippen LogP contribution in [0.15, 0.2) is 6.07 Å². The molecule has 0 aliphatic rings. The molecule has 1 unspecified atom stereocenters. The largest absolute Gasteiger partial charge is 0.481 e. The summed E-state index contributed by atoms with van der Waals surface area (Å²) < 4.78 is 8.20. The van der Waals surface area contributed by atoms with Crippen LogP contribution in [0, 0.1) is 0 Å². The maximum atomic E-state index is 10.6. The van der Waals surface area contributed by atoms with Crippen LogP contribution in [0.1, 0.15) is 13.3 Å². The number of hydrogen-bond acceptors (Lipinski definition) is 5. The maximum absolute atomic E-state index is 10.6. The predicted molar refractivity (Wildman–Crippen MR) is 72.8 cm³/mol. The van der Waals surface area contributed by atoms with Gasteiger partial charge in [-0.25, -0.2) is 0 Å². The molecule has 2 rings (SSSR count). The van der Waals surface area contributed by atoms with E-state index in [0.717, 1.165) is 11.7 Å². The molecule has 18 heavy (non-hydrogen) atoms. The van der Waals surface area contributed by atoms with E-state index < -0.39 is 5.97 Å². The number of carboxylic acids is 1. The SMILES string of the molecule is CC(CC(=O)O)Nc1c(Cl)cc(Cl)c2nsnc12. The lowest BCUT2D eigenvalue weighted by Crippen LogP contribution is -2.19. The second-order valence-corrected chi connectivity index (χ2v) is 5.16. The van der Waals surface area contributed by atoms with Crippen molar-refractivity contribution in [3.8, 4) is 0 Å². The lowest BCUT2D eigenvalue weighted by atomic mass is 10.2. The fourth-order valence-electron chi connectivity index (χ4n) is 1.57. The number of carboxylic acid groups (broad SMARTS) is 1. The highest BCUT2D eigenvalue weighted by atomic mass is 35.5. The Morgan fingerprint density at radius 2 is 2.11 bits per heavy atom. The molecule has 0 saturated heterocycles. The van der Waals surface area contributed by atoms with E-state index in [4.69, 9.17) is 28.3 Å². The Bertz CT molecular complexity index is 602. The van der Waals surface area contributed by atoms with Gasteiger partial charge in [0.25, 0.3) is 0 Å². The Labute approximate surface area is 117 Å². The molecule has 1 heterocycles. The van der Waals surface area contributed by atoms with Crippen molar-refractivity contribution in [3.63, 3.8) is 0 Å². The van der Waals surface area contributed by atoms with Crippen LogP contribution in [0.4, 0.5) is 5.69 Å². The number of hydrogen-bond donors (Lipinski definition) is 2. The summed E-state index contributed by atoms with van der Waals surface area (Å²) in [4.78, 5) is 10.6. The van der Waals surface area contributed by atoms with Crippen molar-refractivity contribution in [1.82, 2.24) is 8.75 Å². The minimum Gasteiger partial charge on any atom is -0.481 e. The van der Waals surface area contributed by atoms with Gasteiger partial charge in [0.1, 0.15) is 11.0 Å². The Kier molecular flexibility index (Phi) is 3.89. The molecule has 1 atom stereocenters. The molecule has 1 aromatic carbocycles. The fourth-order valence-corrected chi connectivity index (χ4v) is 2.74. The molecule has 0 aliphatic heterocycles. The first kappa shape index (κ1) is 13.3. The summed E-state index contributed by atoms with van der Waals surface area (Å²) in [6, 6.07) is 1.30. The van der Waals surface area contributed by atoms with Crippen molar-refractivity contribution >= 4 is 57.6 Å². The average Bonchev–Trinajstić information content (AvgIpc) is 2.72. The van der Waals surface area contributed by atoms with Crippen LogP contribution >= 0.6 is 34.9 Å². The van der Waals surface area contributed by atoms with Crippen LogP contribution in [0.3, 0.4) is 0 Å². The highest BCUT2D eigenvalue weighted by molar-refractivity contribution is 7.00. The van der Waals surface area contributed by atoms with Crippen LogP contribution in [0.2, 0.25) is 10.0 Å². The average molecular weight is 306 g/mol. The molecule has 0 saturated carbocycles. The molecule has 0 radical (unpaired) electrons. The Morgan fingerprint density at radius 1 is 1.44 bits per heavy atom. The quantitative estimate of drug-likeness (QED) is 0.906. The minimum absolute atomic E-state index is 0.0159. The predicted octanol–water partition coefficient (Wildman–Crippen LogP) is 3.27. The van der Waals surface area contributed by atoms with Crippen molar-refractivity contribution in [2.45, 2.75) is 19.4 Å². The number of rotatable bonds is 4. The topological polar surface area (TPSA) is 75.1 Å². The first-order chi connectivity index (χ1) is 8.49. The van der Waals surface area contributed by atoms with Gasteiger partial charge < -0.3 is 10.4 Å². The Hall–Kier alpha value is -1.11. The van der Waals surface area contributed by atoms with E-state index in [9.17, 15) is 4.79 Å². The highest BCUT2D eigenvalue weighted by Gasteiger charge is 2.16. The normalized spacial score (nSPS) is 12.6. The first-order valence-electron chi connectivity index (χ1n) is 5.07. The highest BCUT2D eigenvalue weighted by Crippen LogP contribution is 2.35. The van der Waals surface area contributed by atoms with Crippen molar-refractivity contribution in [2.75, 3.05) is 5.32 Å². The zero-order chi connectivity index (χ0) is 13.3. The van der Waals surface area contributed by atoms with Gasteiger partial charge in [-0.05, 0) is 13.0 Å². The number of benzene rings is 1. The number of aromatic nitrogens is 2. The van der Waals surface area contributed by atoms with E-state index in [1.807, 2.05) is 0 Å². The molecule has 0 aliphatic carbocycles. The zero-order valence-electron chi connectivity index (χ0n) is 9.28. The van der Waals surface area contributed by atoms with Crippen LogP contribution in [0.5, 0.6) is 0 Å². The zero-order valence-corrected chi connectivity index (χ0v) is 11.6. The van der Waals surface area contributed by atoms with E-state index in [0.29, 0.717) is 26.8 Å². The second kappa shape index (κ2) is 5.26. The number of fused-ring (bicyclic) bond motifs is 1. The van der Waals surface area contributed by atoms with Crippen LogP contribution in [-0.4, -0.2) is 25.9 Å². The van der Waals surface area contributed by atoms with Crippen LogP contribution in [0.25, 0.3) is 11.0 Å². The molecule has 2 N–H and O–H groups in total. The van der Waals surface area contributed by atoms with Crippen LogP contribution in [-0.2, 0) is 4.79 Å². The van der Waals surface area contributed by atoms with Crippen molar-refractivity contribution in [1.29, 1.82) is 0 Å². The first-order valence-corrected chi connectivity index (χ1v) is 6.56. The van der Waals surface area contributed by atoms with Crippen LogP contribution < -0.4 is 5.32 Å². The van der Waals surface area contributed by atoms with Gasteiger partial charge in [-0.3, -0.25) is 4.79 Å². The van der Waals surface area contributed by atoms with E-state index in [1.54, 1.807) is 13.0 Å². The Morgan fingerprint density at radius 3 is 2.78 bits per heavy atom. The third-order valence-corrected chi connectivity index (χ3v) is 3.43. The number of carbonyl (C=O) groups is 1. The molecule has 0 fully saturated rings. The van der Waals surface area contributed by atoms with Gasteiger partial charge in [-0.2, -0.15) is 8.75 Å². The molecule has 8 heteroatoms. The van der Waals surface area contributed by atoms with Gasteiger partial charge in [0, 0.05) is 6.04 Å². The van der Waals surface area contributed by atoms with Gasteiger partial charge >= 0.3 is 5.97 Å². The monoisotopic (exact) mass is 305 g/mol. The molecule has 1 aromatic heterocycles. The molecule has 5 nitrogen and oxygen atoms in total. The third kappa shape index (κ3) is 2.66. The van der Waals surface area contributed by atoms with Crippen molar-refractivity contribution < 1.29 is 9.90 Å². The summed E-state index contributed by atoms with van der Waals surface area (Å²) in [5.41, 5.74) is 1.70. The van der Waals surface area contributed by atoms with E-state index >= 15 is 0 Å².